The first-order chi connectivity index (χ1) is 16.2. The van der Waals surface area contributed by atoms with Crippen molar-refractivity contribution in [2.45, 2.75) is 32.2 Å². The molecule has 0 unspecified atom stereocenters. The molecule has 0 radical (unpaired) electrons. The Bertz CT molecular complexity index is 1370. The molecule has 0 bridgehead atoms. The number of ether oxygens (including phenoxy) is 1. The smallest absolute Gasteiger partial charge is 0.174 e. The van der Waals surface area contributed by atoms with E-state index in [-0.39, 0.29) is 5.92 Å². The third kappa shape index (κ3) is 4.03. The zero-order valence-electron chi connectivity index (χ0n) is 18.6. The molecule has 5 rings (SSSR count). The number of rotatable bonds is 5. The van der Waals surface area contributed by atoms with Gasteiger partial charge in [-0.05, 0) is 55.2 Å². The van der Waals surface area contributed by atoms with E-state index in [1.807, 2.05) is 77.0 Å². The summed E-state index contributed by atoms with van der Waals surface area (Å²) in [7, 11) is 1.67. The van der Waals surface area contributed by atoms with Crippen molar-refractivity contribution in [1.29, 1.82) is 5.26 Å². The lowest BCUT2D eigenvalue weighted by molar-refractivity contribution is 0.413. The van der Waals surface area contributed by atoms with Crippen molar-refractivity contribution < 1.29 is 4.74 Å². The fourth-order valence-corrected chi connectivity index (χ4v) is 4.37. The maximum atomic E-state index is 9.53. The molecule has 0 aliphatic carbocycles. The monoisotopic (exact) mass is 436 g/mol. The van der Waals surface area contributed by atoms with E-state index in [4.69, 9.17) is 14.8 Å². The lowest BCUT2D eigenvalue weighted by Crippen LogP contribution is -2.18. The molecule has 3 heterocycles. The molecule has 1 aliphatic rings. The van der Waals surface area contributed by atoms with Crippen molar-refractivity contribution in [3.63, 3.8) is 0 Å². The minimum atomic E-state index is 0.0854. The van der Waals surface area contributed by atoms with E-state index in [1.165, 1.54) is 0 Å². The first-order valence-corrected chi connectivity index (χ1v) is 11.0. The Labute approximate surface area is 192 Å². The second-order valence-electron chi connectivity index (χ2n) is 8.13. The largest absolute Gasteiger partial charge is 0.495 e. The van der Waals surface area contributed by atoms with Crippen LogP contribution in [0.15, 0.2) is 55.0 Å². The van der Waals surface area contributed by atoms with Gasteiger partial charge in [-0.15, -0.1) is 0 Å². The molecular formula is C26H24N6O. The van der Waals surface area contributed by atoms with Crippen LogP contribution < -0.4 is 4.74 Å². The second kappa shape index (κ2) is 8.75. The minimum Gasteiger partial charge on any atom is -0.495 e. The maximum Gasteiger partial charge on any atom is 0.174 e. The molecule has 7 nitrogen and oxygen atoms in total. The standard InChI is InChI=1S/C26H24N6O/c1-18-16-31(17-28-18)23-11-9-19(14-24(23)33-2)10-12-25-29-26-22(8-5-13-32(26)30-25)21-7-4-3-6-20(21)15-27/h3-4,6-7,9-12,14,16-17,22H,5,8,13H2,1-2H3/b12-10+/t22-/m1/s1. The van der Waals surface area contributed by atoms with Crippen LogP contribution in [0.2, 0.25) is 0 Å². The zero-order chi connectivity index (χ0) is 22.8. The molecule has 164 valence electrons. The minimum absolute atomic E-state index is 0.0854. The Kier molecular flexibility index (Phi) is 5.49. The molecular weight excluding hydrogens is 412 g/mol. The van der Waals surface area contributed by atoms with Crippen molar-refractivity contribution in [1.82, 2.24) is 24.3 Å². The van der Waals surface area contributed by atoms with Crippen molar-refractivity contribution >= 4 is 12.2 Å². The molecule has 0 amide bonds. The van der Waals surface area contributed by atoms with Gasteiger partial charge in [0.15, 0.2) is 5.82 Å². The highest BCUT2D eigenvalue weighted by molar-refractivity contribution is 5.69. The van der Waals surface area contributed by atoms with Crippen LogP contribution in [0.5, 0.6) is 5.75 Å². The van der Waals surface area contributed by atoms with E-state index in [1.54, 1.807) is 13.4 Å². The Morgan fingerprint density at radius 2 is 2.06 bits per heavy atom. The third-order valence-electron chi connectivity index (χ3n) is 5.97. The van der Waals surface area contributed by atoms with Gasteiger partial charge in [0.2, 0.25) is 0 Å². The van der Waals surface area contributed by atoms with Gasteiger partial charge >= 0.3 is 0 Å². The summed E-state index contributed by atoms with van der Waals surface area (Å²) in [6.07, 6.45) is 9.64. The Morgan fingerprint density at radius 3 is 2.85 bits per heavy atom. The molecule has 1 atom stereocenters. The second-order valence-corrected chi connectivity index (χ2v) is 8.13. The molecule has 2 aromatic heterocycles. The summed E-state index contributed by atoms with van der Waals surface area (Å²) in [5, 5.41) is 14.2. The molecule has 0 spiro atoms. The van der Waals surface area contributed by atoms with Gasteiger partial charge in [-0.1, -0.05) is 30.3 Å². The van der Waals surface area contributed by atoms with E-state index >= 15 is 0 Å². The number of methoxy groups -OCH3 is 1. The summed E-state index contributed by atoms with van der Waals surface area (Å²) in [6, 6.07) is 16.1. The van der Waals surface area contributed by atoms with Gasteiger partial charge in [-0.25, -0.2) is 14.6 Å². The van der Waals surface area contributed by atoms with Crippen molar-refractivity contribution in [3.05, 3.63) is 89.0 Å². The van der Waals surface area contributed by atoms with Gasteiger partial charge < -0.3 is 9.30 Å². The predicted molar refractivity (Wildman–Crippen MR) is 126 cm³/mol. The summed E-state index contributed by atoms with van der Waals surface area (Å²) in [4.78, 5) is 9.12. The molecule has 0 saturated heterocycles. The first kappa shape index (κ1) is 20.7. The third-order valence-corrected chi connectivity index (χ3v) is 5.97. The van der Waals surface area contributed by atoms with Crippen LogP contribution in [-0.2, 0) is 6.54 Å². The summed E-state index contributed by atoms with van der Waals surface area (Å²) in [6.45, 7) is 2.80. The molecule has 33 heavy (non-hydrogen) atoms. The lowest BCUT2D eigenvalue weighted by Gasteiger charge is -2.23. The van der Waals surface area contributed by atoms with E-state index in [9.17, 15) is 5.26 Å². The van der Waals surface area contributed by atoms with E-state index in [0.29, 0.717) is 11.4 Å². The molecule has 2 aromatic carbocycles. The van der Waals surface area contributed by atoms with Crippen molar-refractivity contribution in [2.75, 3.05) is 7.11 Å². The molecule has 0 saturated carbocycles. The first-order valence-electron chi connectivity index (χ1n) is 11.0. The number of imidazole rings is 1. The number of fused-ring (bicyclic) bond motifs is 1. The maximum absolute atomic E-state index is 9.53. The molecule has 0 N–H and O–H groups in total. The summed E-state index contributed by atoms with van der Waals surface area (Å²) in [5.74, 6) is 2.44. The zero-order valence-corrected chi connectivity index (χ0v) is 18.6. The normalized spacial score (nSPS) is 15.4. The Balaban J connectivity index is 1.42. The van der Waals surface area contributed by atoms with Crippen LogP contribution in [0.4, 0.5) is 0 Å². The van der Waals surface area contributed by atoms with Gasteiger partial charge in [0, 0.05) is 18.7 Å². The van der Waals surface area contributed by atoms with Gasteiger partial charge in [0.25, 0.3) is 0 Å². The van der Waals surface area contributed by atoms with Crippen LogP contribution in [-0.4, -0.2) is 31.4 Å². The van der Waals surface area contributed by atoms with E-state index in [0.717, 1.165) is 53.5 Å². The van der Waals surface area contributed by atoms with Gasteiger partial charge in [-0.3, -0.25) is 0 Å². The van der Waals surface area contributed by atoms with E-state index < -0.39 is 0 Å². The SMILES string of the molecule is COc1cc(/C=C/c2nc3n(n2)CCC[C@@H]3c2ccccc2C#N)ccc1-n1cnc(C)c1. The number of hydrogen-bond acceptors (Lipinski definition) is 5. The highest BCUT2D eigenvalue weighted by atomic mass is 16.5. The van der Waals surface area contributed by atoms with Crippen molar-refractivity contribution in [3.8, 4) is 17.5 Å². The number of nitrogens with zero attached hydrogens (tertiary/aromatic N) is 6. The van der Waals surface area contributed by atoms with Gasteiger partial charge in [0.05, 0.1) is 36.5 Å². The quantitative estimate of drug-likeness (QED) is 0.451. The topological polar surface area (TPSA) is 81.5 Å². The van der Waals surface area contributed by atoms with Crippen molar-refractivity contribution in [2.24, 2.45) is 0 Å². The van der Waals surface area contributed by atoms with Crippen LogP contribution in [0.1, 0.15) is 52.8 Å². The number of hydrogen-bond donors (Lipinski definition) is 0. The highest BCUT2D eigenvalue weighted by Crippen LogP contribution is 2.34. The average molecular weight is 437 g/mol. The molecule has 7 heteroatoms. The fourth-order valence-electron chi connectivity index (χ4n) is 4.37. The predicted octanol–water partition coefficient (Wildman–Crippen LogP) is 4.75. The Hall–Kier alpha value is -4.18. The van der Waals surface area contributed by atoms with Crippen LogP contribution >= 0.6 is 0 Å². The average Bonchev–Trinajstić information content (AvgIpc) is 3.48. The number of nitriles is 1. The summed E-state index contributed by atoms with van der Waals surface area (Å²) < 4.78 is 9.54. The number of aromatic nitrogens is 5. The number of aryl methyl sites for hydroxylation is 2. The molecule has 0 fully saturated rings. The summed E-state index contributed by atoms with van der Waals surface area (Å²) in [5.41, 5.74) is 4.61. The number of benzene rings is 2. The lowest BCUT2D eigenvalue weighted by atomic mass is 9.88. The van der Waals surface area contributed by atoms with Gasteiger partial charge in [0.1, 0.15) is 11.6 Å². The van der Waals surface area contributed by atoms with Crippen LogP contribution in [0.25, 0.3) is 17.8 Å². The van der Waals surface area contributed by atoms with Crippen LogP contribution in [0, 0.1) is 18.3 Å². The molecule has 1 aliphatic heterocycles. The van der Waals surface area contributed by atoms with Gasteiger partial charge in [-0.2, -0.15) is 10.4 Å². The van der Waals surface area contributed by atoms with E-state index in [2.05, 4.69) is 11.1 Å². The van der Waals surface area contributed by atoms with Crippen LogP contribution in [0.3, 0.4) is 0 Å². The Morgan fingerprint density at radius 1 is 1.18 bits per heavy atom. The summed E-state index contributed by atoms with van der Waals surface area (Å²) >= 11 is 0. The highest BCUT2D eigenvalue weighted by Gasteiger charge is 2.27. The fraction of sp³-hybridized carbons (Fsp3) is 0.231. The molecule has 4 aromatic rings.